The third-order valence-electron chi connectivity index (χ3n) is 6.98. The molecule has 3 atom stereocenters. The number of aldehydes is 1. The summed E-state index contributed by atoms with van der Waals surface area (Å²) in [7, 11) is 3.80. The SMILES string of the molecule is CN(C)c1ccc(C(=O)NC2CCC(=O)N3CCCC(C(=O)NC(C=O)CC(=O)O)N3C2=O)c2ccccc12. The van der Waals surface area contributed by atoms with Crippen LogP contribution in [0.4, 0.5) is 5.69 Å². The van der Waals surface area contributed by atoms with Crippen molar-refractivity contribution in [2.75, 3.05) is 25.5 Å². The maximum absolute atomic E-state index is 13.7. The Kier molecular flexibility index (Phi) is 8.12. The van der Waals surface area contributed by atoms with Gasteiger partial charge in [-0.15, -0.1) is 0 Å². The Labute approximate surface area is 224 Å². The van der Waals surface area contributed by atoms with Crippen LogP contribution in [0, 0.1) is 0 Å². The molecule has 2 aliphatic heterocycles. The highest BCUT2D eigenvalue weighted by Gasteiger charge is 2.45. The van der Waals surface area contributed by atoms with Gasteiger partial charge in [-0.1, -0.05) is 24.3 Å². The average Bonchev–Trinajstić information content (AvgIpc) is 3.03. The van der Waals surface area contributed by atoms with E-state index in [9.17, 15) is 28.8 Å². The molecule has 4 rings (SSSR count). The number of fused-ring (bicyclic) bond motifs is 2. The van der Waals surface area contributed by atoms with Gasteiger partial charge in [-0.25, -0.2) is 5.01 Å². The predicted octanol–water partition coefficient (Wildman–Crippen LogP) is 0.691. The number of carboxylic acids is 1. The van der Waals surface area contributed by atoms with E-state index in [0.29, 0.717) is 23.7 Å². The molecule has 2 heterocycles. The van der Waals surface area contributed by atoms with Crippen molar-refractivity contribution < 1.29 is 33.9 Å². The summed E-state index contributed by atoms with van der Waals surface area (Å²) in [5, 5.41) is 18.0. The van der Waals surface area contributed by atoms with Crippen molar-refractivity contribution in [1.82, 2.24) is 20.7 Å². The molecule has 4 amide bonds. The molecule has 39 heavy (non-hydrogen) atoms. The molecule has 2 fully saturated rings. The molecule has 0 aliphatic carbocycles. The van der Waals surface area contributed by atoms with Crippen molar-refractivity contribution in [2.45, 2.75) is 50.2 Å². The first-order valence-corrected chi connectivity index (χ1v) is 12.7. The number of nitrogens with zero attached hydrogens (tertiary/aromatic N) is 3. The first-order valence-electron chi connectivity index (χ1n) is 12.7. The molecule has 3 N–H and O–H groups in total. The average molecular weight is 538 g/mol. The van der Waals surface area contributed by atoms with Crippen LogP contribution in [-0.4, -0.2) is 89.8 Å². The van der Waals surface area contributed by atoms with Gasteiger partial charge in [0.1, 0.15) is 18.4 Å². The van der Waals surface area contributed by atoms with E-state index in [4.69, 9.17) is 5.11 Å². The fourth-order valence-electron chi connectivity index (χ4n) is 5.11. The van der Waals surface area contributed by atoms with Crippen molar-refractivity contribution in [3.8, 4) is 0 Å². The Balaban J connectivity index is 1.60. The zero-order valence-electron chi connectivity index (χ0n) is 21.8. The van der Waals surface area contributed by atoms with Gasteiger partial charge in [-0.05, 0) is 36.8 Å². The van der Waals surface area contributed by atoms with Gasteiger partial charge in [0.15, 0.2) is 0 Å². The highest BCUT2D eigenvalue weighted by molar-refractivity contribution is 6.11. The Morgan fingerprint density at radius 3 is 2.49 bits per heavy atom. The van der Waals surface area contributed by atoms with Crippen LogP contribution in [0.3, 0.4) is 0 Å². The number of benzene rings is 2. The second-order valence-corrected chi connectivity index (χ2v) is 9.84. The number of hydrazine groups is 1. The highest BCUT2D eigenvalue weighted by Crippen LogP contribution is 2.29. The Bertz CT molecular complexity index is 1330. The number of amides is 4. The number of hydrogen-bond donors (Lipinski definition) is 3. The van der Waals surface area contributed by atoms with Crippen LogP contribution in [0.5, 0.6) is 0 Å². The van der Waals surface area contributed by atoms with Crippen LogP contribution < -0.4 is 15.5 Å². The van der Waals surface area contributed by atoms with Gasteiger partial charge in [-0.2, -0.15) is 0 Å². The molecule has 0 radical (unpaired) electrons. The Hall–Kier alpha value is -4.48. The van der Waals surface area contributed by atoms with Gasteiger partial charge in [-0.3, -0.25) is 29.0 Å². The molecule has 0 bridgehead atoms. The number of nitrogens with one attached hydrogen (secondary N) is 2. The first-order chi connectivity index (χ1) is 18.6. The lowest BCUT2D eigenvalue weighted by molar-refractivity contribution is -0.176. The van der Waals surface area contributed by atoms with Crippen LogP contribution in [0.15, 0.2) is 36.4 Å². The first kappa shape index (κ1) is 27.6. The van der Waals surface area contributed by atoms with Gasteiger partial charge in [0.25, 0.3) is 11.8 Å². The monoisotopic (exact) mass is 537 g/mol. The molecule has 12 nitrogen and oxygen atoms in total. The topological polar surface area (TPSA) is 156 Å². The van der Waals surface area contributed by atoms with E-state index in [1.165, 1.54) is 5.01 Å². The van der Waals surface area contributed by atoms with E-state index in [-0.39, 0.29) is 31.7 Å². The summed E-state index contributed by atoms with van der Waals surface area (Å²) >= 11 is 0. The van der Waals surface area contributed by atoms with Crippen molar-refractivity contribution >= 4 is 52.3 Å². The highest BCUT2D eigenvalue weighted by atomic mass is 16.4. The summed E-state index contributed by atoms with van der Waals surface area (Å²) in [6.45, 7) is 0.220. The number of anilines is 1. The van der Waals surface area contributed by atoms with E-state index < -0.39 is 48.2 Å². The minimum atomic E-state index is -1.28. The molecule has 2 saturated heterocycles. The van der Waals surface area contributed by atoms with E-state index >= 15 is 0 Å². The van der Waals surface area contributed by atoms with E-state index in [1.807, 2.05) is 49.3 Å². The fourth-order valence-corrected chi connectivity index (χ4v) is 5.11. The van der Waals surface area contributed by atoms with Crippen LogP contribution in [0.25, 0.3) is 10.8 Å². The summed E-state index contributed by atoms with van der Waals surface area (Å²) in [6.07, 6.45) is 0.373. The van der Waals surface area contributed by atoms with Gasteiger partial charge in [0.05, 0.1) is 12.5 Å². The molecule has 206 valence electrons. The van der Waals surface area contributed by atoms with Crippen LogP contribution in [0.2, 0.25) is 0 Å². The smallest absolute Gasteiger partial charge is 0.305 e. The third kappa shape index (κ3) is 5.69. The molecule has 2 aromatic rings. The van der Waals surface area contributed by atoms with E-state index in [2.05, 4.69) is 10.6 Å². The second kappa shape index (κ2) is 11.5. The Morgan fingerprint density at radius 1 is 1.10 bits per heavy atom. The Morgan fingerprint density at radius 2 is 1.82 bits per heavy atom. The third-order valence-corrected chi connectivity index (χ3v) is 6.98. The molecule has 12 heteroatoms. The largest absolute Gasteiger partial charge is 0.481 e. The van der Waals surface area contributed by atoms with Gasteiger partial charge < -0.3 is 25.4 Å². The lowest BCUT2D eigenvalue weighted by Gasteiger charge is -2.43. The van der Waals surface area contributed by atoms with Crippen LogP contribution in [-0.2, 0) is 24.0 Å². The van der Waals surface area contributed by atoms with Gasteiger partial charge in [0, 0.05) is 43.7 Å². The summed E-state index contributed by atoms with van der Waals surface area (Å²) < 4.78 is 0. The summed E-state index contributed by atoms with van der Waals surface area (Å²) in [5.74, 6) is -3.49. The van der Waals surface area contributed by atoms with E-state index in [1.54, 1.807) is 6.07 Å². The van der Waals surface area contributed by atoms with Crippen molar-refractivity contribution in [2.24, 2.45) is 0 Å². The molecule has 2 aliphatic rings. The number of aliphatic carboxylic acids is 1. The lowest BCUT2D eigenvalue weighted by Crippen LogP contribution is -2.64. The fraction of sp³-hybridized carbons (Fsp3) is 0.407. The number of carbonyl (C=O) groups is 6. The number of hydrogen-bond acceptors (Lipinski definition) is 7. The molecule has 2 aromatic carbocycles. The van der Waals surface area contributed by atoms with Gasteiger partial charge in [0.2, 0.25) is 11.8 Å². The molecule has 3 unspecified atom stereocenters. The van der Waals surface area contributed by atoms with Crippen molar-refractivity contribution in [3.63, 3.8) is 0 Å². The van der Waals surface area contributed by atoms with Crippen molar-refractivity contribution in [1.29, 1.82) is 0 Å². The molecule has 0 saturated carbocycles. The molecular weight excluding hydrogens is 506 g/mol. The summed E-state index contributed by atoms with van der Waals surface area (Å²) in [6, 6.07) is 7.44. The molecular formula is C27H31N5O7. The lowest BCUT2D eigenvalue weighted by atomic mass is 10.0. The molecule has 0 spiro atoms. The van der Waals surface area contributed by atoms with Gasteiger partial charge >= 0.3 is 5.97 Å². The summed E-state index contributed by atoms with van der Waals surface area (Å²) in [4.78, 5) is 77.4. The van der Waals surface area contributed by atoms with Crippen LogP contribution in [0.1, 0.15) is 42.5 Å². The van der Waals surface area contributed by atoms with Crippen LogP contribution >= 0.6 is 0 Å². The maximum atomic E-state index is 13.7. The normalized spacial score (nSPS) is 20.1. The van der Waals surface area contributed by atoms with Crippen molar-refractivity contribution in [3.05, 3.63) is 42.0 Å². The standard InChI is InChI=1S/C27H31N5O7/c1-30(2)21-11-9-19(17-6-3-4-7-18(17)21)25(37)29-20-10-12-23(34)31-13-5-8-22(32(31)27(20)39)26(38)28-16(15-33)14-24(35)36/h3-4,6-7,9,11,15-16,20,22H,5,8,10,12-14H2,1-2H3,(H,28,38)(H,29,37)(H,35,36). The zero-order chi connectivity index (χ0) is 28.3. The second-order valence-electron chi connectivity index (χ2n) is 9.84. The maximum Gasteiger partial charge on any atom is 0.305 e. The zero-order valence-corrected chi connectivity index (χ0v) is 21.8. The summed E-state index contributed by atoms with van der Waals surface area (Å²) in [5.41, 5.74) is 1.29. The number of carbonyl (C=O) groups excluding carboxylic acids is 5. The molecule has 0 aromatic heterocycles. The quantitative estimate of drug-likeness (QED) is 0.415. The number of carboxylic acid groups (broad SMARTS) is 1. The number of rotatable bonds is 8. The minimum absolute atomic E-state index is 0.0161. The minimum Gasteiger partial charge on any atom is -0.481 e. The van der Waals surface area contributed by atoms with E-state index in [0.717, 1.165) is 16.1 Å². The predicted molar refractivity (Wildman–Crippen MR) is 141 cm³/mol.